The summed E-state index contributed by atoms with van der Waals surface area (Å²) in [5.41, 5.74) is 3.59. The fraction of sp³-hybridized carbons (Fsp3) is 0.273. The van der Waals surface area contributed by atoms with Crippen LogP contribution in [0.1, 0.15) is 22.6 Å². The van der Waals surface area contributed by atoms with Crippen molar-refractivity contribution in [2.24, 2.45) is 0 Å². The van der Waals surface area contributed by atoms with Crippen molar-refractivity contribution < 1.29 is 4.79 Å². The Balaban J connectivity index is 1.43. The lowest BCUT2D eigenvalue weighted by atomic mass is 10.1. The highest BCUT2D eigenvalue weighted by atomic mass is 16.2. The molecule has 0 spiro atoms. The second-order valence-corrected chi connectivity index (χ2v) is 6.56. The first-order valence-corrected chi connectivity index (χ1v) is 9.33. The molecule has 0 aliphatic carbocycles. The molecule has 0 aliphatic heterocycles. The van der Waals surface area contributed by atoms with Crippen LogP contribution in [0.3, 0.4) is 0 Å². The third-order valence-corrected chi connectivity index (χ3v) is 4.50. The molecule has 0 bridgehead atoms. The summed E-state index contributed by atoms with van der Waals surface area (Å²) in [6.45, 7) is 4.04. The molecule has 0 atom stereocenters. The van der Waals surface area contributed by atoms with Crippen LogP contribution in [0, 0.1) is 6.92 Å². The Morgan fingerprint density at radius 1 is 0.889 bits per heavy atom. The Morgan fingerprint density at radius 3 is 2.15 bits per heavy atom. The molecule has 0 aliphatic rings. The van der Waals surface area contributed by atoms with Gasteiger partial charge in [-0.25, -0.2) is 9.78 Å². The molecule has 0 radical (unpaired) electrons. The number of hydrogen-bond acceptors (Lipinski definition) is 2. The van der Waals surface area contributed by atoms with E-state index in [9.17, 15) is 4.79 Å². The number of amides is 2. The van der Waals surface area contributed by atoms with E-state index < -0.39 is 0 Å². The molecule has 1 aromatic heterocycles. The van der Waals surface area contributed by atoms with E-state index in [2.05, 4.69) is 51.4 Å². The van der Waals surface area contributed by atoms with Crippen LogP contribution in [0.4, 0.5) is 4.79 Å². The minimum Gasteiger partial charge on any atom is -0.338 e. The summed E-state index contributed by atoms with van der Waals surface area (Å²) in [5, 5.41) is 5.81. The molecular weight excluding hydrogens is 336 g/mol. The predicted octanol–water partition coefficient (Wildman–Crippen LogP) is 3.32. The van der Waals surface area contributed by atoms with E-state index in [0.29, 0.717) is 19.5 Å². The van der Waals surface area contributed by atoms with E-state index in [0.717, 1.165) is 24.5 Å². The van der Waals surface area contributed by atoms with E-state index in [-0.39, 0.29) is 6.03 Å². The molecule has 0 saturated heterocycles. The normalized spacial score (nSPS) is 10.6. The van der Waals surface area contributed by atoms with E-state index in [1.165, 1.54) is 11.1 Å². The van der Waals surface area contributed by atoms with E-state index >= 15 is 0 Å². The number of carbonyl (C=O) groups excluding carboxylic acids is 1. The van der Waals surface area contributed by atoms with Crippen molar-refractivity contribution >= 4 is 6.03 Å². The number of rotatable bonds is 8. The van der Waals surface area contributed by atoms with Crippen molar-refractivity contribution in [1.82, 2.24) is 20.2 Å². The molecule has 140 valence electrons. The van der Waals surface area contributed by atoms with Crippen molar-refractivity contribution in [1.29, 1.82) is 0 Å². The molecule has 3 rings (SSSR count). The Morgan fingerprint density at radius 2 is 1.48 bits per heavy atom. The second-order valence-electron chi connectivity index (χ2n) is 6.56. The molecule has 0 unspecified atom stereocenters. The third-order valence-electron chi connectivity index (χ3n) is 4.50. The number of nitrogens with one attached hydrogen (secondary N) is 2. The number of imidazole rings is 1. The van der Waals surface area contributed by atoms with Gasteiger partial charge in [0.05, 0.1) is 0 Å². The minimum absolute atomic E-state index is 0.135. The smallest absolute Gasteiger partial charge is 0.314 e. The number of benzene rings is 2. The van der Waals surface area contributed by atoms with Crippen LogP contribution in [-0.2, 0) is 19.4 Å². The van der Waals surface area contributed by atoms with Gasteiger partial charge in [-0.05, 0) is 24.5 Å². The van der Waals surface area contributed by atoms with Crippen LogP contribution in [0.5, 0.6) is 0 Å². The molecule has 27 heavy (non-hydrogen) atoms. The maximum atomic E-state index is 12.0. The summed E-state index contributed by atoms with van der Waals surface area (Å²) in [5.74, 6) is 0.987. The number of aryl methyl sites for hydroxylation is 1. The van der Waals surface area contributed by atoms with E-state index in [4.69, 9.17) is 0 Å². The molecular formula is C22H26N4O. The van der Waals surface area contributed by atoms with Gasteiger partial charge in [-0.3, -0.25) is 0 Å². The lowest BCUT2D eigenvalue weighted by Gasteiger charge is -2.11. The Labute approximate surface area is 160 Å². The van der Waals surface area contributed by atoms with Gasteiger partial charge in [0, 0.05) is 37.9 Å². The van der Waals surface area contributed by atoms with Gasteiger partial charge < -0.3 is 15.2 Å². The molecule has 2 N–H and O–H groups in total. The largest absolute Gasteiger partial charge is 0.338 e. The molecule has 0 saturated carbocycles. The maximum Gasteiger partial charge on any atom is 0.314 e. The lowest BCUT2D eigenvalue weighted by Crippen LogP contribution is -2.37. The van der Waals surface area contributed by atoms with Crippen molar-refractivity contribution in [2.45, 2.75) is 26.3 Å². The summed E-state index contributed by atoms with van der Waals surface area (Å²) >= 11 is 0. The number of nitrogens with zero attached hydrogens (tertiary/aromatic N) is 2. The third kappa shape index (κ3) is 5.71. The number of aromatic nitrogens is 2. The first kappa shape index (κ1) is 18.7. The summed E-state index contributed by atoms with van der Waals surface area (Å²) < 4.78 is 2.20. The monoisotopic (exact) mass is 362 g/mol. The van der Waals surface area contributed by atoms with Crippen molar-refractivity contribution in [3.8, 4) is 0 Å². The van der Waals surface area contributed by atoms with Crippen molar-refractivity contribution in [3.63, 3.8) is 0 Å². The number of urea groups is 1. The van der Waals surface area contributed by atoms with E-state index in [1.807, 2.05) is 42.6 Å². The maximum absolute atomic E-state index is 12.0. The quantitative estimate of drug-likeness (QED) is 0.646. The number of carbonyl (C=O) groups is 1. The molecule has 5 heteroatoms. The highest BCUT2D eigenvalue weighted by molar-refractivity contribution is 5.73. The summed E-state index contributed by atoms with van der Waals surface area (Å²) in [4.78, 5) is 16.5. The fourth-order valence-electron chi connectivity index (χ4n) is 3.01. The predicted molar refractivity (Wildman–Crippen MR) is 108 cm³/mol. The first-order valence-electron chi connectivity index (χ1n) is 9.33. The Hall–Kier alpha value is -3.08. The van der Waals surface area contributed by atoms with Gasteiger partial charge in [0.1, 0.15) is 5.82 Å². The molecule has 5 nitrogen and oxygen atoms in total. The zero-order chi connectivity index (χ0) is 18.9. The average molecular weight is 362 g/mol. The van der Waals surface area contributed by atoms with Crippen LogP contribution < -0.4 is 10.6 Å². The van der Waals surface area contributed by atoms with Crippen molar-refractivity contribution in [3.05, 3.63) is 89.5 Å². The van der Waals surface area contributed by atoms with Gasteiger partial charge in [0.25, 0.3) is 0 Å². The van der Waals surface area contributed by atoms with Gasteiger partial charge in [0.15, 0.2) is 0 Å². The first-order chi connectivity index (χ1) is 13.2. The molecule has 1 heterocycles. The molecule has 2 amide bonds. The van der Waals surface area contributed by atoms with Gasteiger partial charge in [-0.15, -0.1) is 0 Å². The molecule has 0 fully saturated rings. The second kappa shape index (κ2) is 9.57. The molecule has 3 aromatic rings. The fourth-order valence-corrected chi connectivity index (χ4v) is 3.01. The van der Waals surface area contributed by atoms with Crippen LogP contribution in [0.15, 0.2) is 66.9 Å². The van der Waals surface area contributed by atoms with Gasteiger partial charge in [0.2, 0.25) is 0 Å². The minimum atomic E-state index is -0.135. The van der Waals surface area contributed by atoms with E-state index in [1.54, 1.807) is 0 Å². The zero-order valence-corrected chi connectivity index (χ0v) is 15.7. The highest BCUT2D eigenvalue weighted by Gasteiger charge is 2.08. The highest BCUT2D eigenvalue weighted by Crippen LogP contribution is 2.10. The lowest BCUT2D eigenvalue weighted by molar-refractivity contribution is 0.241. The van der Waals surface area contributed by atoms with Crippen LogP contribution in [-0.4, -0.2) is 28.7 Å². The Bertz CT molecular complexity index is 843. The Kier molecular flexibility index (Phi) is 6.63. The van der Waals surface area contributed by atoms with Gasteiger partial charge in [-0.2, -0.15) is 0 Å². The summed E-state index contributed by atoms with van der Waals surface area (Å²) in [7, 11) is 0. The van der Waals surface area contributed by atoms with Gasteiger partial charge in [-0.1, -0.05) is 60.7 Å². The number of hydrogen-bond donors (Lipinski definition) is 2. The summed E-state index contributed by atoms with van der Waals surface area (Å²) in [6.07, 6.45) is 3.42. The molecule has 2 aromatic carbocycles. The summed E-state index contributed by atoms with van der Waals surface area (Å²) in [6, 6.07) is 20.3. The van der Waals surface area contributed by atoms with Crippen molar-refractivity contribution in [2.75, 3.05) is 13.1 Å². The average Bonchev–Trinajstić information content (AvgIpc) is 3.03. The van der Waals surface area contributed by atoms with Gasteiger partial charge >= 0.3 is 6.03 Å². The standard InChI is InChI=1S/C22H26N4O/c1-18-16-25-21(26(18)17-20-10-6-3-7-11-20)13-15-24-22(27)23-14-12-19-8-4-2-5-9-19/h2-11,16H,12-15,17H2,1H3,(H2,23,24,27). The topological polar surface area (TPSA) is 59.0 Å². The van der Waals surface area contributed by atoms with Crippen LogP contribution in [0.2, 0.25) is 0 Å². The van der Waals surface area contributed by atoms with Crippen LogP contribution in [0.25, 0.3) is 0 Å². The van der Waals surface area contributed by atoms with Crippen LogP contribution >= 0.6 is 0 Å². The SMILES string of the molecule is Cc1cnc(CCNC(=O)NCCc2ccccc2)n1Cc1ccccc1. The zero-order valence-electron chi connectivity index (χ0n) is 15.7.